The van der Waals surface area contributed by atoms with E-state index in [1.54, 1.807) is 49.9 Å². The lowest BCUT2D eigenvalue weighted by atomic mass is 9.78. The number of ether oxygens (including phenoxy) is 3. The highest BCUT2D eigenvalue weighted by atomic mass is 32.2. The Hall–Kier alpha value is -2.78. The van der Waals surface area contributed by atoms with Crippen LogP contribution in [0, 0.1) is 26.2 Å². The van der Waals surface area contributed by atoms with Gasteiger partial charge in [-0.15, -0.1) is 0 Å². The van der Waals surface area contributed by atoms with Gasteiger partial charge in [0.15, 0.2) is 0 Å². The first-order valence-electron chi connectivity index (χ1n) is 12.2. The Balaban J connectivity index is 1.49. The molecule has 2 saturated heterocycles. The zero-order valence-corrected chi connectivity index (χ0v) is 22.8. The van der Waals surface area contributed by atoms with Gasteiger partial charge in [0.1, 0.15) is 17.2 Å². The number of amides is 1. The molecule has 2 aromatic carbocycles. The first-order valence-corrected chi connectivity index (χ1v) is 13.7. The lowest BCUT2D eigenvalue weighted by Crippen LogP contribution is -2.44. The number of piperidine rings is 1. The third kappa shape index (κ3) is 4.54. The van der Waals surface area contributed by atoms with Gasteiger partial charge in [-0.3, -0.25) is 4.79 Å². The average molecular weight is 517 g/mol. The number of sulfonamides is 1. The molecule has 2 aliphatic rings. The second-order valence-corrected chi connectivity index (χ2v) is 11.8. The van der Waals surface area contributed by atoms with Crippen LogP contribution in [-0.2, 0) is 10.0 Å². The Kier molecular flexibility index (Phi) is 7.26. The Morgan fingerprint density at radius 2 is 1.50 bits per heavy atom. The number of carbonyl (C=O) groups excluding carboxylic acids is 1. The second-order valence-electron chi connectivity index (χ2n) is 9.92. The van der Waals surface area contributed by atoms with E-state index in [1.807, 2.05) is 25.7 Å². The number of methoxy groups -OCH3 is 3. The fraction of sp³-hybridized carbons (Fsp3) is 0.519. The summed E-state index contributed by atoms with van der Waals surface area (Å²) in [6, 6.07) is 7.01. The van der Waals surface area contributed by atoms with Crippen molar-refractivity contribution in [3.8, 4) is 17.2 Å². The predicted molar refractivity (Wildman–Crippen MR) is 138 cm³/mol. The smallest absolute Gasteiger partial charge is 0.257 e. The molecule has 0 saturated carbocycles. The van der Waals surface area contributed by atoms with Crippen LogP contribution in [0.5, 0.6) is 17.2 Å². The number of hydrogen-bond donors (Lipinski definition) is 0. The van der Waals surface area contributed by atoms with E-state index in [-0.39, 0.29) is 11.3 Å². The molecule has 0 N–H and O–H groups in total. The van der Waals surface area contributed by atoms with E-state index < -0.39 is 10.0 Å². The van der Waals surface area contributed by atoms with Crippen molar-refractivity contribution in [2.45, 2.75) is 44.9 Å². The molecule has 2 aromatic rings. The number of rotatable bonds is 6. The molecule has 0 unspecified atom stereocenters. The SMILES string of the molecule is COc1ccc(OC)c(C(=O)N2CCC3(CC2)CCN(S(=O)(=O)c2c(C)cc(OC)c(C)c2C)C3)c1. The molecule has 0 aliphatic carbocycles. The summed E-state index contributed by atoms with van der Waals surface area (Å²) in [5, 5.41) is 0. The van der Waals surface area contributed by atoms with Crippen molar-refractivity contribution in [1.82, 2.24) is 9.21 Å². The maximum absolute atomic E-state index is 13.7. The van der Waals surface area contributed by atoms with Gasteiger partial charge in [0, 0.05) is 26.2 Å². The minimum Gasteiger partial charge on any atom is -0.497 e. The molecular weight excluding hydrogens is 480 g/mol. The van der Waals surface area contributed by atoms with Crippen molar-refractivity contribution in [2.24, 2.45) is 5.41 Å². The van der Waals surface area contributed by atoms with Crippen LogP contribution in [0.25, 0.3) is 0 Å². The third-order valence-corrected chi connectivity index (χ3v) is 10.1. The van der Waals surface area contributed by atoms with Gasteiger partial charge >= 0.3 is 0 Å². The minimum atomic E-state index is -3.65. The number of carbonyl (C=O) groups is 1. The molecule has 0 aromatic heterocycles. The molecule has 0 atom stereocenters. The lowest BCUT2D eigenvalue weighted by molar-refractivity contribution is 0.0596. The summed E-state index contributed by atoms with van der Waals surface area (Å²) in [6.45, 7) is 7.68. The molecule has 9 heteroatoms. The van der Waals surface area contributed by atoms with Gasteiger partial charge < -0.3 is 19.1 Å². The van der Waals surface area contributed by atoms with Gasteiger partial charge in [0.05, 0.1) is 31.8 Å². The van der Waals surface area contributed by atoms with E-state index in [0.717, 1.165) is 30.4 Å². The first-order chi connectivity index (χ1) is 17.1. The van der Waals surface area contributed by atoms with Gasteiger partial charge in [-0.25, -0.2) is 8.42 Å². The first kappa shape index (κ1) is 26.3. The topological polar surface area (TPSA) is 85.4 Å². The minimum absolute atomic E-state index is 0.0944. The van der Waals surface area contributed by atoms with Gasteiger partial charge in [-0.05, 0) is 86.4 Å². The molecule has 0 bridgehead atoms. The molecule has 0 radical (unpaired) electrons. The monoisotopic (exact) mass is 516 g/mol. The van der Waals surface area contributed by atoms with Crippen LogP contribution in [0.2, 0.25) is 0 Å². The van der Waals surface area contributed by atoms with Crippen LogP contribution in [0.4, 0.5) is 0 Å². The zero-order valence-electron chi connectivity index (χ0n) is 22.0. The second kappa shape index (κ2) is 9.94. The van der Waals surface area contributed by atoms with Crippen LogP contribution in [0.3, 0.4) is 0 Å². The summed E-state index contributed by atoms with van der Waals surface area (Å²) < 4.78 is 45.2. The highest BCUT2D eigenvalue weighted by Crippen LogP contribution is 2.44. The third-order valence-electron chi connectivity index (χ3n) is 7.95. The van der Waals surface area contributed by atoms with Crippen molar-refractivity contribution >= 4 is 15.9 Å². The van der Waals surface area contributed by atoms with Crippen molar-refractivity contribution in [1.29, 1.82) is 0 Å². The van der Waals surface area contributed by atoms with Gasteiger partial charge in [0.2, 0.25) is 10.0 Å². The Morgan fingerprint density at radius 3 is 2.11 bits per heavy atom. The lowest BCUT2D eigenvalue weighted by Gasteiger charge is -2.39. The van der Waals surface area contributed by atoms with E-state index in [9.17, 15) is 13.2 Å². The molecule has 1 amide bonds. The highest BCUT2D eigenvalue weighted by Gasteiger charge is 2.46. The average Bonchev–Trinajstić information content (AvgIpc) is 3.30. The quantitative estimate of drug-likeness (QED) is 0.578. The Labute approximate surface area is 214 Å². The maximum atomic E-state index is 13.7. The fourth-order valence-electron chi connectivity index (χ4n) is 5.60. The molecule has 1 spiro atoms. The van der Waals surface area contributed by atoms with Crippen LogP contribution < -0.4 is 14.2 Å². The normalized spacial score (nSPS) is 17.9. The van der Waals surface area contributed by atoms with E-state index >= 15 is 0 Å². The van der Waals surface area contributed by atoms with Crippen LogP contribution in [-0.4, -0.2) is 71.0 Å². The molecule has 2 heterocycles. The van der Waals surface area contributed by atoms with Crippen molar-refractivity contribution in [2.75, 3.05) is 47.5 Å². The fourth-order valence-corrected chi connectivity index (χ4v) is 7.64. The van der Waals surface area contributed by atoms with Crippen molar-refractivity contribution < 1.29 is 27.4 Å². The van der Waals surface area contributed by atoms with Gasteiger partial charge in [-0.2, -0.15) is 4.31 Å². The maximum Gasteiger partial charge on any atom is 0.257 e. The number of hydrogen-bond acceptors (Lipinski definition) is 6. The van der Waals surface area contributed by atoms with Crippen LogP contribution in [0.1, 0.15) is 46.3 Å². The van der Waals surface area contributed by atoms with Crippen LogP contribution >= 0.6 is 0 Å². The van der Waals surface area contributed by atoms with E-state index in [0.29, 0.717) is 59.4 Å². The summed E-state index contributed by atoms with van der Waals surface area (Å²) in [6.07, 6.45) is 2.32. The number of aryl methyl sites for hydroxylation is 1. The van der Waals surface area contributed by atoms with Crippen molar-refractivity contribution in [3.05, 3.63) is 46.5 Å². The van der Waals surface area contributed by atoms with Crippen LogP contribution in [0.15, 0.2) is 29.2 Å². The van der Waals surface area contributed by atoms with Gasteiger partial charge in [0.25, 0.3) is 5.91 Å². The summed E-state index contributed by atoms with van der Waals surface area (Å²) >= 11 is 0. The largest absolute Gasteiger partial charge is 0.497 e. The van der Waals surface area contributed by atoms with E-state index in [4.69, 9.17) is 14.2 Å². The molecule has 8 nitrogen and oxygen atoms in total. The predicted octanol–water partition coefficient (Wildman–Crippen LogP) is 3.95. The molecule has 4 rings (SSSR count). The standard InChI is InChI=1S/C27H36N2O6S/c1-18-15-24(35-6)19(2)20(3)25(18)36(31,32)29-14-11-27(17-29)9-12-28(13-10-27)26(30)22-16-21(33-4)7-8-23(22)34-5/h7-8,15-16H,9-14,17H2,1-6H3. The number of benzene rings is 2. The molecule has 2 aliphatic heterocycles. The van der Waals surface area contributed by atoms with Gasteiger partial charge in [-0.1, -0.05) is 0 Å². The summed E-state index contributed by atoms with van der Waals surface area (Å²) in [5.41, 5.74) is 2.63. The van der Waals surface area contributed by atoms with E-state index in [2.05, 4.69) is 0 Å². The summed E-state index contributed by atoms with van der Waals surface area (Å²) in [4.78, 5) is 15.5. The number of likely N-dealkylation sites (tertiary alicyclic amines) is 1. The zero-order chi connectivity index (χ0) is 26.3. The molecule has 2 fully saturated rings. The number of nitrogens with zero attached hydrogens (tertiary/aromatic N) is 2. The molecular formula is C27H36N2O6S. The summed E-state index contributed by atoms with van der Waals surface area (Å²) in [5.74, 6) is 1.72. The molecule has 36 heavy (non-hydrogen) atoms. The Morgan fingerprint density at radius 1 is 0.861 bits per heavy atom. The molecule has 196 valence electrons. The van der Waals surface area contributed by atoms with Crippen molar-refractivity contribution in [3.63, 3.8) is 0 Å². The summed E-state index contributed by atoms with van der Waals surface area (Å²) in [7, 11) is 1.07. The van der Waals surface area contributed by atoms with E-state index in [1.165, 1.54) is 0 Å². The highest BCUT2D eigenvalue weighted by molar-refractivity contribution is 7.89. The Bertz CT molecular complexity index is 1270.